The molecule has 3 rings (SSSR count). The average Bonchev–Trinajstić information content (AvgIpc) is 2.73. The van der Waals surface area contributed by atoms with Crippen molar-refractivity contribution in [2.75, 3.05) is 19.5 Å². The topological polar surface area (TPSA) is 73.2 Å². The van der Waals surface area contributed by atoms with E-state index in [2.05, 4.69) is 26.2 Å². The van der Waals surface area contributed by atoms with Gasteiger partial charge in [0.1, 0.15) is 0 Å². The number of hydrogen-bond acceptors (Lipinski definition) is 5. The second kappa shape index (κ2) is 10.0. The lowest BCUT2D eigenvalue weighted by molar-refractivity contribution is -0.119. The molecule has 3 aromatic rings. The van der Waals surface area contributed by atoms with Crippen LogP contribution in [-0.2, 0) is 16.1 Å². The first-order chi connectivity index (χ1) is 14.0. The van der Waals surface area contributed by atoms with Gasteiger partial charge in [-0.15, -0.1) is 0 Å². The molecule has 1 atom stereocenters. The number of aromatic nitrogens is 2. The molecule has 0 aliphatic rings. The van der Waals surface area contributed by atoms with Gasteiger partial charge in [0.2, 0.25) is 5.91 Å². The van der Waals surface area contributed by atoms with E-state index in [4.69, 9.17) is 4.74 Å². The lowest BCUT2D eigenvalue weighted by atomic mass is 10.1. The van der Waals surface area contributed by atoms with Crippen LogP contribution in [0.3, 0.4) is 0 Å². The predicted molar refractivity (Wildman–Crippen MR) is 119 cm³/mol. The summed E-state index contributed by atoms with van der Waals surface area (Å²) in [7, 11) is 1.58. The van der Waals surface area contributed by atoms with E-state index in [1.165, 1.54) is 11.8 Å². The highest BCUT2D eigenvalue weighted by Gasteiger charge is 2.15. The summed E-state index contributed by atoms with van der Waals surface area (Å²) in [5, 5.41) is 4.02. The number of hydrogen-bond donors (Lipinski definition) is 1. The standard InChI is InChI=1S/C21H22BrN3O3S/c1-14(15-6-4-3-5-7-15)23-19(26)13-29-21-24-18-9-8-16(22)12-17(18)20(27)25(21)10-11-28-2/h3-9,12,14H,10-11,13H2,1-2H3,(H,23,26). The molecule has 0 fully saturated rings. The number of amides is 1. The highest BCUT2D eigenvalue weighted by Crippen LogP contribution is 2.21. The molecular weight excluding hydrogens is 454 g/mol. The Morgan fingerprint density at radius 1 is 1.28 bits per heavy atom. The molecule has 1 aromatic heterocycles. The van der Waals surface area contributed by atoms with Crippen LogP contribution in [0.5, 0.6) is 0 Å². The third-order valence-corrected chi connectivity index (χ3v) is 5.88. The SMILES string of the molecule is COCCn1c(SCC(=O)NC(C)c2ccccc2)nc2ccc(Br)cc2c1=O. The van der Waals surface area contributed by atoms with E-state index in [1.807, 2.05) is 43.3 Å². The minimum atomic E-state index is -0.145. The van der Waals surface area contributed by atoms with Crippen molar-refractivity contribution in [3.05, 3.63) is 68.9 Å². The second-order valence-electron chi connectivity index (χ2n) is 6.49. The van der Waals surface area contributed by atoms with Crippen molar-refractivity contribution in [1.82, 2.24) is 14.9 Å². The van der Waals surface area contributed by atoms with E-state index in [0.29, 0.717) is 29.2 Å². The molecule has 0 radical (unpaired) electrons. The summed E-state index contributed by atoms with van der Waals surface area (Å²) in [6, 6.07) is 15.1. The van der Waals surface area contributed by atoms with Crippen LogP contribution < -0.4 is 10.9 Å². The monoisotopic (exact) mass is 475 g/mol. The van der Waals surface area contributed by atoms with E-state index in [1.54, 1.807) is 23.8 Å². The molecule has 1 N–H and O–H groups in total. The maximum Gasteiger partial charge on any atom is 0.262 e. The maximum absolute atomic E-state index is 12.9. The van der Waals surface area contributed by atoms with Gasteiger partial charge in [0, 0.05) is 11.6 Å². The number of benzene rings is 2. The number of ether oxygens (including phenoxy) is 1. The molecular formula is C21H22BrN3O3S. The Balaban J connectivity index is 1.78. The molecule has 6 nitrogen and oxygen atoms in total. The minimum Gasteiger partial charge on any atom is -0.383 e. The van der Waals surface area contributed by atoms with Crippen LogP contribution in [0, 0.1) is 0 Å². The van der Waals surface area contributed by atoms with Gasteiger partial charge in [-0.25, -0.2) is 4.98 Å². The van der Waals surface area contributed by atoms with Crippen LogP contribution in [0.15, 0.2) is 63.0 Å². The Morgan fingerprint density at radius 3 is 2.76 bits per heavy atom. The summed E-state index contributed by atoms with van der Waals surface area (Å²) in [5.74, 6) is 0.0494. The quantitative estimate of drug-likeness (QED) is 0.396. The Bertz CT molecular complexity index is 1060. The van der Waals surface area contributed by atoms with Crippen molar-refractivity contribution in [2.24, 2.45) is 0 Å². The normalized spacial score (nSPS) is 12.1. The Morgan fingerprint density at radius 2 is 2.03 bits per heavy atom. The van der Waals surface area contributed by atoms with Gasteiger partial charge in [-0.3, -0.25) is 14.2 Å². The van der Waals surface area contributed by atoms with Gasteiger partial charge >= 0.3 is 0 Å². The number of carbonyl (C=O) groups is 1. The zero-order valence-electron chi connectivity index (χ0n) is 16.2. The van der Waals surface area contributed by atoms with E-state index < -0.39 is 0 Å². The van der Waals surface area contributed by atoms with Gasteiger partial charge in [0.15, 0.2) is 5.16 Å². The number of thioether (sulfide) groups is 1. The van der Waals surface area contributed by atoms with E-state index in [0.717, 1.165) is 10.0 Å². The molecule has 2 aromatic carbocycles. The van der Waals surface area contributed by atoms with Crippen molar-refractivity contribution in [1.29, 1.82) is 0 Å². The number of halogens is 1. The lowest BCUT2D eigenvalue weighted by Gasteiger charge is -2.15. The number of rotatable bonds is 8. The third kappa shape index (κ3) is 5.46. The van der Waals surface area contributed by atoms with Gasteiger partial charge in [0.05, 0.1) is 35.8 Å². The van der Waals surface area contributed by atoms with Crippen LogP contribution in [0.4, 0.5) is 0 Å². The first-order valence-electron chi connectivity index (χ1n) is 9.15. The van der Waals surface area contributed by atoms with E-state index in [-0.39, 0.29) is 23.3 Å². The third-order valence-electron chi connectivity index (χ3n) is 4.41. The van der Waals surface area contributed by atoms with Crippen LogP contribution in [-0.4, -0.2) is 34.9 Å². The van der Waals surface area contributed by atoms with E-state index in [9.17, 15) is 9.59 Å². The van der Waals surface area contributed by atoms with Crippen molar-refractivity contribution >= 4 is 44.5 Å². The molecule has 0 aliphatic carbocycles. The summed E-state index contributed by atoms with van der Waals surface area (Å²) in [5.41, 5.74) is 1.50. The fourth-order valence-corrected chi connectivity index (χ4v) is 4.10. The fraction of sp³-hybridized carbons (Fsp3) is 0.286. The Kier molecular flexibility index (Phi) is 7.46. The number of carbonyl (C=O) groups excluding carboxylic acids is 1. The summed E-state index contributed by atoms with van der Waals surface area (Å²) in [6.07, 6.45) is 0. The largest absolute Gasteiger partial charge is 0.383 e. The van der Waals surface area contributed by atoms with Crippen LogP contribution in [0.2, 0.25) is 0 Å². The number of methoxy groups -OCH3 is 1. The molecule has 29 heavy (non-hydrogen) atoms. The summed E-state index contributed by atoms with van der Waals surface area (Å²) in [4.78, 5) is 30.0. The van der Waals surface area contributed by atoms with Crippen LogP contribution >= 0.6 is 27.7 Å². The number of fused-ring (bicyclic) bond motifs is 1. The zero-order valence-corrected chi connectivity index (χ0v) is 18.6. The Hall–Kier alpha value is -2.16. The highest BCUT2D eigenvalue weighted by molar-refractivity contribution is 9.10. The molecule has 0 spiro atoms. The molecule has 1 amide bonds. The number of nitrogens with zero attached hydrogens (tertiary/aromatic N) is 2. The van der Waals surface area contributed by atoms with Gasteiger partial charge in [-0.05, 0) is 30.7 Å². The van der Waals surface area contributed by atoms with Crippen molar-refractivity contribution in [3.8, 4) is 0 Å². The van der Waals surface area contributed by atoms with Crippen molar-refractivity contribution < 1.29 is 9.53 Å². The lowest BCUT2D eigenvalue weighted by Crippen LogP contribution is -2.29. The molecule has 1 unspecified atom stereocenters. The number of nitrogens with one attached hydrogen (secondary N) is 1. The van der Waals surface area contributed by atoms with Gasteiger partial charge in [0.25, 0.3) is 5.56 Å². The summed E-state index contributed by atoms with van der Waals surface area (Å²) >= 11 is 4.64. The Labute approximate surface area is 181 Å². The fourth-order valence-electron chi connectivity index (χ4n) is 2.90. The van der Waals surface area contributed by atoms with Crippen molar-refractivity contribution in [3.63, 3.8) is 0 Å². The summed E-state index contributed by atoms with van der Waals surface area (Å²) in [6.45, 7) is 2.69. The van der Waals surface area contributed by atoms with Gasteiger partial charge in [-0.1, -0.05) is 58.0 Å². The molecule has 0 aliphatic heterocycles. The van der Waals surface area contributed by atoms with Crippen LogP contribution in [0.25, 0.3) is 10.9 Å². The van der Waals surface area contributed by atoms with E-state index >= 15 is 0 Å². The molecule has 0 saturated carbocycles. The van der Waals surface area contributed by atoms with Gasteiger partial charge in [-0.2, -0.15) is 0 Å². The molecule has 0 bridgehead atoms. The van der Waals surface area contributed by atoms with Crippen LogP contribution in [0.1, 0.15) is 18.5 Å². The molecule has 8 heteroatoms. The summed E-state index contributed by atoms with van der Waals surface area (Å²) < 4.78 is 7.52. The average molecular weight is 476 g/mol. The smallest absolute Gasteiger partial charge is 0.262 e. The first kappa shape index (κ1) is 21.5. The molecule has 0 saturated heterocycles. The predicted octanol–water partition coefficient (Wildman–Crippen LogP) is 3.77. The maximum atomic E-state index is 12.9. The minimum absolute atomic E-state index is 0.0955. The highest BCUT2D eigenvalue weighted by atomic mass is 79.9. The van der Waals surface area contributed by atoms with Gasteiger partial charge < -0.3 is 10.1 Å². The second-order valence-corrected chi connectivity index (χ2v) is 8.35. The molecule has 152 valence electrons. The van der Waals surface area contributed by atoms with Crippen molar-refractivity contribution in [2.45, 2.75) is 24.7 Å². The zero-order chi connectivity index (χ0) is 20.8. The molecule has 1 heterocycles. The first-order valence-corrected chi connectivity index (χ1v) is 10.9.